The van der Waals surface area contributed by atoms with Gasteiger partial charge in [0.05, 0.1) is 0 Å². The Balaban J connectivity index is 2.42. The minimum atomic E-state index is -0.254. The number of nitrogens with zero attached hydrogens (tertiary/aromatic N) is 1. The lowest BCUT2D eigenvalue weighted by Crippen LogP contribution is -2.41. The third-order valence-corrected chi connectivity index (χ3v) is 2.68. The number of rotatable bonds is 5. The number of carbonyl (C=O) groups excluding carboxylic acids is 2. The van der Waals surface area contributed by atoms with E-state index in [9.17, 15) is 9.59 Å². The SMILES string of the molecule is CC(C)(CCO)CNC(=O)C1=NNC(=O)CC1. The molecule has 1 aliphatic rings. The summed E-state index contributed by atoms with van der Waals surface area (Å²) >= 11 is 0. The number of hydrogen-bond acceptors (Lipinski definition) is 4. The van der Waals surface area contributed by atoms with E-state index in [0.29, 0.717) is 31.5 Å². The fourth-order valence-electron chi connectivity index (χ4n) is 1.45. The van der Waals surface area contributed by atoms with E-state index in [0.717, 1.165) is 0 Å². The van der Waals surface area contributed by atoms with Gasteiger partial charge in [0, 0.05) is 26.0 Å². The molecule has 0 aromatic carbocycles. The van der Waals surface area contributed by atoms with Crippen molar-refractivity contribution in [2.75, 3.05) is 13.2 Å². The standard InChI is InChI=1S/C11H19N3O3/c1-11(2,5-6-15)7-12-10(17)8-3-4-9(16)14-13-8/h15H,3-7H2,1-2H3,(H,12,17)(H,14,16). The van der Waals surface area contributed by atoms with E-state index in [2.05, 4.69) is 15.8 Å². The number of aliphatic hydroxyl groups is 1. The van der Waals surface area contributed by atoms with Gasteiger partial charge in [-0.25, -0.2) is 5.43 Å². The summed E-state index contributed by atoms with van der Waals surface area (Å²) in [6, 6.07) is 0. The maximum Gasteiger partial charge on any atom is 0.267 e. The van der Waals surface area contributed by atoms with Crippen molar-refractivity contribution in [3.63, 3.8) is 0 Å². The molecule has 0 saturated heterocycles. The molecule has 0 fully saturated rings. The average Bonchev–Trinajstić information content (AvgIpc) is 2.27. The molecule has 0 aliphatic carbocycles. The summed E-state index contributed by atoms with van der Waals surface area (Å²) in [5.74, 6) is -0.418. The van der Waals surface area contributed by atoms with Crippen LogP contribution in [0.1, 0.15) is 33.1 Å². The number of hydrogen-bond donors (Lipinski definition) is 3. The summed E-state index contributed by atoms with van der Waals surface area (Å²) in [5, 5.41) is 15.3. The molecule has 0 spiro atoms. The van der Waals surface area contributed by atoms with Gasteiger partial charge < -0.3 is 10.4 Å². The Labute approximate surface area is 100 Å². The van der Waals surface area contributed by atoms with Crippen molar-refractivity contribution < 1.29 is 14.7 Å². The zero-order valence-electron chi connectivity index (χ0n) is 10.2. The van der Waals surface area contributed by atoms with E-state index < -0.39 is 0 Å². The van der Waals surface area contributed by atoms with Gasteiger partial charge in [-0.3, -0.25) is 9.59 Å². The Kier molecular flexibility index (Phi) is 4.62. The van der Waals surface area contributed by atoms with Crippen molar-refractivity contribution in [1.82, 2.24) is 10.7 Å². The van der Waals surface area contributed by atoms with Gasteiger partial charge in [0.2, 0.25) is 5.91 Å². The Bertz CT molecular complexity index is 337. The summed E-state index contributed by atoms with van der Waals surface area (Å²) in [6.07, 6.45) is 1.29. The maximum atomic E-state index is 11.7. The summed E-state index contributed by atoms with van der Waals surface area (Å²) in [6.45, 7) is 4.50. The van der Waals surface area contributed by atoms with Crippen LogP contribution in [0.2, 0.25) is 0 Å². The predicted molar refractivity (Wildman–Crippen MR) is 63.3 cm³/mol. The first-order valence-corrected chi connectivity index (χ1v) is 5.69. The lowest BCUT2D eigenvalue weighted by Gasteiger charge is -2.24. The first-order valence-electron chi connectivity index (χ1n) is 5.69. The molecule has 96 valence electrons. The lowest BCUT2D eigenvalue weighted by molar-refractivity contribution is -0.121. The molecule has 1 heterocycles. The van der Waals surface area contributed by atoms with Gasteiger partial charge in [0.15, 0.2) is 0 Å². The number of aliphatic hydroxyl groups excluding tert-OH is 1. The van der Waals surface area contributed by atoms with E-state index in [-0.39, 0.29) is 23.8 Å². The molecule has 0 unspecified atom stereocenters. The van der Waals surface area contributed by atoms with Crippen molar-refractivity contribution in [2.45, 2.75) is 33.1 Å². The van der Waals surface area contributed by atoms with Crippen molar-refractivity contribution in [3.05, 3.63) is 0 Å². The zero-order valence-corrected chi connectivity index (χ0v) is 10.2. The highest BCUT2D eigenvalue weighted by Gasteiger charge is 2.22. The van der Waals surface area contributed by atoms with E-state index >= 15 is 0 Å². The normalized spacial score (nSPS) is 16.2. The van der Waals surface area contributed by atoms with Gasteiger partial charge in [0.1, 0.15) is 5.71 Å². The van der Waals surface area contributed by atoms with Crippen LogP contribution in [0.3, 0.4) is 0 Å². The molecular formula is C11H19N3O3. The van der Waals surface area contributed by atoms with E-state index in [1.807, 2.05) is 13.8 Å². The van der Waals surface area contributed by atoms with Crippen molar-refractivity contribution in [1.29, 1.82) is 0 Å². The molecule has 0 radical (unpaired) electrons. The second-order valence-corrected chi connectivity index (χ2v) is 4.91. The van der Waals surface area contributed by atoms with E-state index in [1.165, 1.54) is 0 Å². The van der Waals surface area contributed by atoms with Crippen LogP contribution in [0.5, 0.6) is 0 Å². The summed E-state index contributed by atoms with van der Waals surface area (Å²) in [5.41, 5.74) is 2.48. The largest absolute Gasteiger partial charge is 0.396 e. The minimum absolute atomic E-state index is 0.0971. The van der Waals surface area contributed by atoms with Gasteiger partial charge in [-0.2, -0.15) is 5.10 Å². The fourth-order valence-corrected chi connectivity index (χ4v) is 1.45. The molecule has 0 atom stereocenters. The molecule has 0 aromatic heterocycles. The number of hydrazone groups is 1. The fraction of sp³-hybridized carbons (Fsp3) is 0.727. The van der Waals surface area contributed by atoms with Crippen molar-refractivity contribution in [3.8, 4) is 0 Å². The van der Waals surface area contributed by atoms with Crippen molar-refractivity contribution >= 4 is 17.5 Å². The molecule has 6 heteroatoms. The second-order valence-electron chi connectivity index (χ2n) is 4.91. The van der Waals surface area contributed by atoms with Crippen LogP contribution < -0.4 is 10.7 Å². The van der Waals surface area contributed by atoms with Crippen LogP contribution in [-0.2, 0) is 9.59 Å². The second kappa shape index (κ2) is 5.77. The first kappa shape index (κ1) is 13.6. The van der Waals surface area contributed by atoms with E-state index in [1.54, 1.807) is 0 Å². The topological polar surface area (TPSA) is 90.8 Å². The third-order valence-electron chi connectivity index (χ3n) is 2.68. The molecule has 1 aliphatic heterocycles. The van der Waals surface area contributed by atoms with Gasteiger partial charge >= 0.3 is 0 Å². The molecule has 0 saturated carbocycles. The predicted octanol–water partition coefficient (Wildman–Crippen LogP) is -0.223. The molecule has 1 rings (SSSR count). The maximum absolute atomic E-state index is 11.7. The average molecular weight is 241 g/mol. The zero-order chi connectivity index (χ0) is 12.9. The number of carbonyl (C=O) groups is 2. The smallest absolute Gasteiger partial charge is 0.267 e. The lowest BCUT2D eigenvalue weighted by atomic mass is 9.89. The van der Waals surface area contributed by atoms with Crippen LogP contribution >= 0.6 is 0 Å². The van der Waals surface area contributed by atoms with Gasteiger partial charge in [-0.05, 0) is 11.8 Å². The molecule has 2 amide bonds. The van der Waals surface area contributed by atoms with Crippen LogP contribution in [0.25, 0.3) is 0 Å². The Morgan fingerprint density at radius 1 is 1.53 bits per heavy atom. The molecule has 0 aromatic rings. The van der Waals surface area contributed by atoms with Gasteiger partial charge in [-0.15, -0.1) is 0 Å². The molecule has 17 heavy (non-hydrogen) atoms. The number of amides is 2. The molecule has 3 N–H and O–H groups in total. The Morgan fingerprint density at radius 2 is 2.24 bits per heavy atom. The highest BCUT2D eigenvalue weighted by Crippen LogP contribution is 2.17. The van der Waals surface area contributed by atoms with E-state index in [4.69, 9.17) is 5.11 Å². The highest BCUT2D eigenvalue weighted by molar-refractivity contribution is 6.39. The summed E-state index contributed by atoms with van der Waals surface area (Å²) in [4.78, 5) is 22.6. The van der Waals surface area contributed by atoms with Gasteiger partial charge in [0.25, 0.3) is 5.91 Å². The highest BCUT2D eigenvalue weighted by atomic mass is 16.3. The molecule has 6 nitrogen and oxygen atoms in total. The monoisotopic (exact) mass is 241 g/mol. The minimum Gasteiger partial charge on any atom is -0.396 e. The van der Waals surface area contributed by atoms with Gasteiger partial charge in [-0.1, -0.05) is 13.8 Å². The Hall–Kier alpha value is -1.43. The van der Waals surface area contributed by atoms with Crippen LogP contribution in [0.15, 0.2) is 5.10 Å². The number of nitrogens with one attached hydrogen (secondary N) is 2. The molecular weight excluding hydrogens is 222 g/mol. The first-order chi connectivity index (χ1) is 7.94. The quantitative estimate of drug-likeness (QED) is 0.621. The molecule has 0 bridgehead atoms. The van der Waals surface area contributed by atoms with Crippen LogP contribution in [0, 0.1) is 5.41 Å². The van der Waals surface area contributed by atoms with Crippen LogP contribution in [-0.4, -0.2) is 35.8 Å². The summed E-state index contributed by atoms with van der Waals surface area (Å²) < 4.78 is 0. The Morgan fingerprint density at radius 3 is 2.76 bits per heavy atom. The third kappa shape index (κ3) is 4.52. The summed E-state index contributed by atoms with van der Waals surface area (Å²) in [7, 11) is 0. The van der Waals surface area contributed by atoms with Crippen LogP contribution in [0.4, 0.5) is 0 Å². The van der Waals surface area contributed by atoms with Crippen molar-refractivity contribution in [2.24, 2.45) is 10.5 Å².